The SMILES string of the molecule is CC(C)CCN1CCN(Cc2cn[nH]c2-c2cccc(F)c2)C[C@@H]1CCO. The fourth-order valence-electron chi connectivity index (χ4n) is 3.81. The van der Waals surface area contributed by atoms with Crippen LogP contribution >= 0.6 is 0 Å². The topological polar surface area (TPSA) is 55.4 Å². The molecule has 1 aromatic heterocycles. The number of H-pyrrole nitrogens is 1. The molecule has 1 aliphatic heterocycles. The fraction of sp³-hybridized carbons (Fsp3) is 0.571. The highest BCUT2D eigenvalue weighted by molar-refractivity contribution is 5.62. The van der Waals surface area contributed by atoms with E-state index in [4.69, 9.17) is 0 Å². The van der Waals surface area contributed by atoms with Crippen LogP contribution in [0.5, 0.6) is 0 Å². The molecule has 0 amide bonds. The molecule has 3 rings (SSSR count). The molecule has 27 heavy (non-hydrogen) atoms. The van der Waals surface area contributed by atoms with Crippen LogP contribution in [0, 0.1) is 11.7 Å². The van der Waals surface area contributed by atoms with Crippen molar-refractivity contribution in [3.63, 3.8) is 0 Å². The average Bonchev–Trinajstić information content (AvgIpc) is 3.09. The van der Waals surface area contributed by atoms with Crippen LogP contribution in [0.15, 0.2) is 30.5 Å². The zero-order valence-corrected chi connectivity index (χ0v) is 16.4. The van der Waals surface area contributed by atoms with Crippen LogP contribution in [0.25, 0.3) is 11.3 Å². The predicted molar refractivity (Wildman–Crippen MR) is 106 cm³/mol. The van der Waals surface area contributed by atoms with Crippen LogP contribution in [0.1, 0.15) is 32.3 Å². The van der Waals surface area contributed by atoms with Gasteiger partial charge in [0.1, 0.15) is 5.82 Å². The summed E-state index contributed by atoms with van der Waals surface area (Å²) in [6.45, 7) is 9.55. The minimum absolute atomic E-state index is 0.219. The molecular formula is C21H31FN4O. The van der Waals surface area contributed by atoms with E-state index in [0.717, 1.165) is 56.0 Å². The lowest BCUT2D eigenvalue weighted by Crippen LogP contribution is -2.53. The second kappa shape index (κ2) is 9.44. The maximum absolute atomic E-state index is 13.6. The Morgan fingerprint density at radius 3 is 2.93 bits per heavy atom. The van der Waals surface area contributed by atoms with E-state index in [1.165, 1.54) is 18.6 Å². The first-order valence-electron chi connectivity index (χ1n) is 9.92. The third-order valence-corrected chi connectivity index (χ3v) is 5.37. The van der Waals surface area contributed by atoms with E-state index in [0.29, 0.717) is 12.0 Å². The number of hydrogen-bond donors (Lipinski definition) is 2. The Bertz CT molecular complexity index is 718. The van der Waals surface area contributed by atoms with E-state index < -0.39 is 0 Å². The second-order valence-electron chi connectivity index (χ2n) is 7.90. The van der Waals surface area contributed by atoms with Crippen molar-refractivity contribution in [1.29, 1.82) is 0 Å². The quantitative estimate of drug-likeness (QED) is 0.745. The molecule has 0 spiro atoms. The van der Waals surface area contributed by atoms with Crippen LogP contribution in [-0.2, 0) is 6.54 Å². The van der Waals surface area contributed by atoms with E-state index in [2.05, 4.69) is 33.8 Å². The number of halogens is 1. The van der Waals surface area contributed by atoms with Gasteiger partial charge in [0.05, 0.1) is 11.9 Å². The summed E-state index contributed by atoms with van der Waals surface area (Å²) in [4.78, 5) is 4.94. The molecule has 148 valence electrons. The molecule has 1 aliphatic rings. The molecular weight excluding hydrogens is 343 g/mol. The molecule has 6 heteroatoms. The molecule has 1 aromatic carbocycles. The van der Waals surface area contributed by atoms with Crippen molar-refractivity contribution in [3.05, 3.63) is 41.8 Å². The molecule has 2 aromatic rings. The Kier molecular flexibility index (Phi) is 6.99. The first-order valence-corrected chi connectivity index (χ1v) is 9.92. The van der Waals surface area contributed by atoms with Crippen molar-refractivity contribution in [1.82, 2.24) is 20.0 Å². The molecule has 0 saturated carbocycles. The molecule has 1 saturated heterocycles. The van der Waals surface area contributed by atoms with Crippen molar-refractivity contribution < 1.29 is 9.50 Å². The zero-order chi connectivity index (χ0) is 19.2. The monoisotopic (exact) mass is 374 g/mol. The molecule has 2 N–H and O–H groups in total. The van der Waals surface area contributed by atoms with Crippen molar-refractivity contribution in [2.24, 2.45) is 5.92 Å². The molecule has 0 aliphatic carbocycles. The van der Waals surface area contributed by atoms with E-state index in [1.807, 2.05) is 12.3 Å². The molecule has 1 atom stereocenters. The Hall–Kier alpha value is -1.76. The number of aliphatic hydroxyl groups excluding tert-OH is 1. The van der Waals surface area contributed by atoms with E-state index in [9.17, 15) is 9.50 Å². The van der Waals surface area contributed by atoms with Crippen LogP contribution in [0.3, 0.4) is 0 Å². The number of rotatable bonds is 8. The Labute approximate surface area is 161 Å². The number of aliphatic hydroxyl groups is 1. The number of benzene rings is 1. The summed E-state index contributed by atoms with van der Waals surface area (Å²) in [7, 11) is 0. The minimum atomic E-state index is -0.241. The summed E-state index contributed by atoms with van der Waals surface area (Å²) >= 11 is 0. The maximum Gasteiger partial charge on any atom is 0.123 e. The van der Waals surface area contributed by atoms with Gasteiger partial charge in [-0.25, -0.2) is 4.39 Å². The fourth-order valence-corrected chi connectivity index (χ4v) is 3.81. The zero-order valence-electron chi connectivity index (χ0n) is 16.4. The van der Waals surface area contributed by atoms with E-state index in [1.54, 1.807) is 6.07 Å². The molecule has 5 nitrogen and oxygen atoms in total. The number of piperazine rings is 1. The first-order chi connectivity index (χ1) is 13.1. The van der Waals surface area contributed by atoms with Crippen LogP contribution < -0.4 is 0 Å². The van der Waals surface area contributed by atoms with Crippen LogP contribution in [-0.4, -0.2) is 63.9 Å². The normalized spacial score (nSPS) is 19.1. The van der Waals surface area contributed by atoms with Gasteiger partial charge in [-0.15, -0.1) is 0 Å². The van der Waals surface area contributed by atoms with Gasteiger partial charge < -0.3 is 5.11 Å². The van der Waals surface area contributed by atoms with Gasteiger partial charge in [-0.05, 0) is 37.4 Å². The Balaban J connectivity index is 1.66. The van der Waals surface area contributed by atoms with E-state index >= 15 is 0 Å². The summed E-state index contributed by atoms with van der Waals surface area (Å²) in [5.41, 5.74) is 2.79. The van der Waals surface area contributed by atoms with Crippen molar-refractivity contribution in [2.75, 3.05) is 32.8 Å². The number of aromatic nitrogens is 2. The lowest BCUT2D eigenvalue weighted by molar-refractivity contribution is 0.0525. The molecule has 2 heterocycles. The number of nitrogens with zero attached hydrogens (tertiary/aromatic N) is 3. The van der Waals surface area contributed by atoms with Gasteiger partial charge in [0.2, 0.25) is 0 Å². The highest BCUT2D eigenvalue weighted by atomic mass is 19.1. The van der Waals surface area contributed by atoms with Crippen molar-refractivity contribution in [3.8, 4) is 11.3 Å². The molecule has 1 fully saturated rings. The third kappa shape index (κ3) is 5.37. The van der Waals surface area contributed by atoms with Gasteiger partial charge in [-0.3, -0.25) is 14.9 Å². The third-order valence-electron chi connectivity index (χ3n) is 5.37. The van der Waals surface area contributed by atoms with Crippen molar-refractivity contribution >= 4 is 0 Å². The molecule has 0 bridgehead atoms. The summed E-state index contributed by atoms with van der Waals surface area (Å²) in [5.74, 6) is 0.451. The summed E-state index contributed by atoms with van der Waals surface area (Å²) in [6, 6.07) is 7.00. The largest absolute Gasteiger partial charge is 0.396 e. The average molecular weight is 375 g/mol. The van der Waals surface area contributed by atoms with Gasteiger partial charge >= 0.3 is 0 Å². The van der Waals surface area contributed by atoms with Crippen LogP contribution in [0.4, 0.5) is 4.39 Å². The number of aromatic amines is 1. The van der Waals surface area contributed by atoms with Gasteiger partial charge in [0.25, 0.3) is 0 Å². The number of hydrogen-bond acceptors (Lipinski definition) is 4. The van der Waals surface area contributed by atoms with Gasteiger partial charge in [-0.2, -0.15) is 5.10 Å². The summed E-state index contributed by atoms with van der Waals surface area (Å²) < 4.78 is 13.6. The lowest BCUT2D eigenvalue weighted by atomic mass is 10.0. The lowest BCUT2D eigenvalue weighted by Gasteiger charge is -2.41. The Morgan fingerprint density at radius 2 is 2.19 bits per heavy atom. The smallest absolute Gasteiger partial charge is 0.123 e. The van der Waals surface area contributed by atoms with Gasteiger partial charge in [-0.1, -0.05) is 26.0 Å². The highest BCUT2D eigenvalue weighted by Crippen LogP contribution is 2.24. The standard InChI is InChI=1S/C21H31FN4O/c1-16(2)6-8-26-10-9-25(15-20(26)7-11-27)14-18-13-23-24-21(18)17-4-3-5-19(22)12-17/h3-5,12-13,16,20,27H,6-11,14-15H2,1-2H3,(H,23,24)/t20-/m0/s1. The number of nitrogens with one attached hydrogen (secondary N) is 1. The van der Waals surface area contributed by atoms with Crippen molar-refractivity contribution in [2.45, 2.75) is 39.3 Å². The van der Waals surface area contributed by atoms with E-state index in [-0.39, 0.29) is 12.4 Å². The summed E-state index contributed by atoms with van der Waals surface area (Å²) in [5, 5.41) is 16.7. The van der Waals surface area contributed by atoms with Gasteiger partial charge in [0, 0.05) is 50.0 Å². The predicted octanol–water partition coefficient (Wildman–Crippen LogP) is 3.13. The van der Waals surface area contributed by atoms with Gasteiger partial charge in [0.15, 0.2) is 0 Å². The maximum atomic E-state index is 13.6. The second-order valence-corrected chi connectivity index (χ2v) is 7.90. The minimum Gasteiger partial charge on any atom is -0.396 e. The Morgan fingerprint density at radius 1 is 1.33 bits per heavy atom. The van der Waals surface area contributed by atoms with Crippen LogP contribution in [0.2, 0.25) is 0 Å². The molecule has 0 unspecified atom stereocenters. The first kappa shape index (κ1) is 20.0. The highest BCUT2D eigenvalue weighted by Gasteiger charge is 2.27. The molecule has 0 radical (unpaired) electrons. The summed E-state index contributed by atoms with van der Waals surface area (Å²) in [6.07, 6.45) is 3.83.